The van der Waals surface area contributed by atoms with Crippen molar-refractivity contribution in [2.45, 2.75) is 51.4 Å². The van der Waals surface area contributed by atoms with Crippen molar-refractivity contribution in [3.8, 4) is 0 Å². The summed E-state index contributed by atoms with van der Waals surface area (Å²) in [7, 11) is 1.32. The fourth-order valence-corrected chi connectivity index (χ4v) is 4.34. The number of rotatable bonds is 10. The van der Waals surface area contributed by atoms with E-state index >= 15 is 0 Å². The first-order chi connectivity index (χ1) is 16.4. The van der Waals surface area contributed by atoms with Crippen LogP contribution in [0.2, 0.25) is 0 Å². The van der Waals surface area contributed by atoms with E-state index in [-0.39, 0.29) is 18.5 Å². The highest BCUT2D eigenvalue weighted by atomic mass is 19.1. The van der Waals surface area contributed by atoms with Crippen LogP contribution in [0.15, 0.2) is 54.3 Å². The minimum absolute atomic E-state index is 0.166. The molecule has 0 aromatic heterocycles. The Kier molecular flexibility index (Phi) is 9.61. The van der Waals surface area contributed by atoms with E-state index in [1.807, 2.05) is 43.3 Å². The van der Waals surface area contributed by atoms with Crippen molar-refractivity contribution >= 4 is 12.0 Å². The van der Waals surface area contributed by atoms with E-state index in [0.717, 1.165) is 42.5 Å². The lowest BCUT2D eigenvalue weighted by Crippen LogP contribution is -2.39. The van der Waals surface area contributed by atoms with Crippen molar-refractivity contribution in [1.82, 2.24) is 4.90 Å². The number of aliphatic hydroxyl groups is 1. The maximum Gasteiger partial charge on any atom is 0.338 e. The number of methoxy groups -OCH3 is 1. The summed E-state index contributed by atoms with van der Waals surface area (Å²) in [5, 5.41) is 10.7. The van der Waals surface area contributed by atoms with E-state index < -0.39 is 12.1 Å². The highest BCUT2D eigenvalue weighted by Gasteiger charge is 2.27. The van der Waals surface area contributed by atoms with Gasteiger partial charge in [-0.3, -0.25) is 4.90 Å². The number of ether oxygens (including phenoxy) is 2. The predicted octanol–water partition coefficient (Wildman–Crippen LogP) is 4.62. The van der Waals surface area contributed by atoms with Gasteiger partial charge in [-0.1, -0.05) is 36.4 Å². The van der Waals surface area contributed by atoms with Gasteiger partial charge in [-0.15, -0.1) is 5.73 Å². The third kappa shape index (κ3) is 7.37. The second-order valence-corrected chi connectivity index (χ2v) is 8.82. The normalized spacial score (nSPS) is 17.6. The van der Waals surface area contributed by atoms with Crippen molar-refractivity contribution in [2.75, 3.05) is 26.8 Å². The van der Waals surface area contributed by atoms with Gasteiger partial charge in [-0.25, -0.2) is 9.18 Å². The van der Waals surface area contributed by atoms with E-state index in [4.69, 9.17) is 4.74 Å². The van der Waals surface area contributed by atoms with Crippen molar-refractivity contribution in [3.63, 3.8) is 0 Å². The second-order valence-electron chi connectivity index (χ2n) is 8.82. The van der Waals surface area contributed by atoms with Gasteiger partial charge >= 0.3 is 5.97 Å². The molecular weight excluding hydrogens is 433 g/mol. The summed E-state index contributed by atoms with van der Waals surface area (Å²) in [5.41, 5.74) is 6.31. The molecule has 0 radical (unpaired) electrons. The van der Waals surface area contributed by atoms with Gasteiger partial charge in [-0.2, -0.15) is 0 Å². The third-order valence-electron chi connectivity index (χ3n) is 6.27. The lowest BCUT2D eigenvalue weighted by molar-refractivity contribution is -0.134. The number of halogens is 1. The van der Waals surface area contributed by atoms with Gasteiger partial charge in [0.25, 0.3) is 0 Å². The van der Waals surface area contributed by atoms with Crippen LogP contribution >= 0.6 is 0 Å². The van der Waals surface area contributed by atoms with Crippen LogP contribution in [0.4, 0.5) is 4.39 Å². The number of carbonyl (C=O) groups excluding carboxylic acids is 1. The van der Waals surface area contributed by atoms with Gasteiger partial charge < -0.3 is 14.6 Å². The van der Waals surface area contributed by atoms with Gasteiger partial charge in [0.15, 0.2) is 0 Å². The van der Waals surface area contributed by atoms with E-state index in [1.54, 1.807) is 19.1 Å². The third-order valence-corrected chi connectivity index (χ3v) is 6.27. The monoisotopic (exact) mass is 467 g/mol. The molecular formula is C28H34FNO4. The average molecular weight is 468 g/mol. The Bertz CT molecular complexity index is 1030. The van der Waals surface area contributed by atoms with E-state index in [1.165, 1.54) is 13.2 Å². The number of likely N-dealkylation sites (tertiary alicyclic amines) is 1. The summed E-state index contributed by atoms with van der Waals surface area (Å²) in [6.45, 7) is 5.36. The van der Waals surface area contributed by atoms with Crippen LogP contribution in [0.3, 0.4) is 0 Å². The molecule has 0 spiro atoms. The number of hydrogen-bond acceptors (Lipinski definition) is 5. The molecule has 5 nitrogen and oxygen atoms in total. The Balaban J connectivity index is 1.54. The number of carbonyl (C=O) groups is 1. The highest BCUT2D eigenvalue weighted by Crippen LogP contribution is 2.24. The molecule has 1 fully saturated rings. The minimum atomic E-state index is -0.625. The number of nitrogens with zero attached hydrogens (tertiary/aromatic N) is 1. The molecule has 1 N–H and O–H groups in total. The van der Waals surface area contributed by atoms with E-state index in [2.05, 4.69) is 15.4 Å². The molecule has 2 aromatic carbocycles. The molecule has 0 aliphatic carbocycles. The Labute approximate surface area is 201 Å². The summed E-state index contributed by atoms with van der Waals surface area (Å²) >= 11 is 0. The van der Waals surface area contributed by atoms with Crippen LogP contribution < -0.4 is 0 Å². The number of β-amino-alcohol motifs (C(OH)–C–C–N with tert-alkyl or cyclic N) is 1. The van der Waals surface area contributed by atoms with Gasteiger partial charge in [0.1, 0.15) is 5.82 Å². The van der Waals surface area contributed by atoms with Crippen molar-refractivity contribution in [1.29, 1.82) is 0 Å². The summed E-state index contributed by atoms with van der Waals surface area (Å²) in [5.74, 6) is -0.630. The molecule has 182 valence electrons. The molecule has 1 unspecified atom stereocenters. The van der Waals surface area contributed by atoms with Gasteiger partial charge in [0.05, 0.1) is 32.0 Å². The summed E-state index contributed by atoms with van der Waals surface area (Å²) in [6, 6.07) is 13.4. The molecule has 0 saturated carbocycles. The first-order valence-corrected chi connectivity index (χ1v) is 11.8. The zero-order chi connectivity index (χ0) is 24.5. The Hall–Kier alpha value is -2.76. The van der Waals surface area contributed by atoms with Crippen LogP contribution in [0.25, 0.3) is 6.08 Å². The van der Waals surface area contributed by atoms with Gasteiger partial charge in [-0.05, 0) is 74.1 Å². The van der Waals surface area contributed by atoms with E-state index in [9.17, 15) is 14.3 Å². The van der Waals surface area contributed by atoms with Crippen LogP contribution in [0.5, 0.6) is 0 Å². The first-order valence-electron chi connectivity index (χ1n) is 11.8. The summed E-state index contributed by atoms with van der Waals surface area (Å²) in [6.07, 6.45) is 4.97. The number of esters is 1. The van der Waals surface area contributed by atoms with Crippen molar-refractivity contribution in [2.24, 2.45) is 0 Å². The lowest BCUT2D eigenvalue weighted by atomic mass is 10.0. The van der Waals surface area contributed by atoms with Crippen molar-refractivity contribution in [3.05, 3.63) is 82.3 Å². The number of aliphatic hydroxyl groups excluding tert-OH is 1. The molecule has 0 amide bonds. The van der Waals surface area contributed by atoms with Crippen molar-refractivity contribution < 1.29 is 23.8 Å². The Morgan fingerprint density at radius 2 is 2.12 bits per heavy atom. The number of hydrogen-bond donors (Lipinski definition) is 1. The predicted molar refractivity (Wildman–Crippen MR) is 131 cm³/mol. The molecule has 2 aromatic rings. The SMILES string of the molecule is COC(=O)C=C=Cc1ccccc1C(C)OC[C@H](O)CN1CCC[C@H]1Cc1ccc(C)c(F)c1. The van der Waals surface area contributed by atoms with Crippen LogP contribution in [0, 0.1) is 12.7 Å². The maximum atomic E-state index is 13.9. The summed E-state index contributed by atoms with van der Waals surface area (Å²) < 4.78 is 24.5. The second kappa shape index (κ2) is 12.6. The molecule has 1 heterocycles. The van der Waals surface area contributed by atoms with Crippen LogP contribution in [-0.2, 0) is 20.7 Å². The van der Waals surface area contributed by atoms with Gasteiger partial charge in [0, 0.05) is 12.6 Å². The maximum absolute atomic E-state index is 13.9. The molecule has 3 rings (SSSR count). The smallest absolute Gasteiger partial charge is 0.338 e. The average Bonchev–Trinajstić information content (AvgIpc) is 3.26. The Morgan fingerprint density at radius 1 is 1.32 bits per heavy atom. The molecule has 1 aliphatic rings. The fourth-order valence-electron chi connectivity index (χ4n) is 4.34. The number of aryl methyl sites for hydroxylation is 1. The largest absolute Gasteiger partial charge is 0.465 e. The lowest BCUT2D eigenvalue weighted by Gasteiger charge is -2.27. The summed E-state index contributed by atoms with van der Waals surface area (Å²) in [4.78, 5) is 13.5. The standard InChI is InChI=1S/C28H34FNO4/c1-20-13-14-22(17-27(20)29)16-24-10-7-15-30(24)18-25(31)19-34-21(2)26-11-5-4-8-23(26)9-6-12-28(32)33-3/h4-5,8-9,11-14,17,21,24-25,31H,7,10,15-16,18-19H2,1-3H3/t6?,21?,24-,25+/m0/s1. The highest BCUT2D eigenvalue weighted by molar-refractivity contribution is 5.82. The number of benzene rings is 2. The molecule has 0 bridgehead atoms. The quantitative estimate of drug-likeness (QED) is 0.314. The van der Waals surface area contributed by atoms with Gasteiger partial charge in [0.2, 0.25) is 0 Å². The molecule has 1 saturated heterocycles. The minimum Gasteiger partial charge on any atom is -0.465 e. The molecule has 1 aliphatic heterocycles. The van der Waals surface area contributed by atoms with Crippen LogP contribution in [-0.4, -0.2) is 54.9 Å². The molecule has 34 heavy (non-hydrogen) atoms. The van der Waals surface area contributed by atoms with Crippen LogP contribution in [0.1, 0.15) is 48.1 Å². The molecule has 3 atom stereocenters. The zero-order valence-electron chi connectivity index (χ0n) is 20.2. The Morgan fingerprint density at radius 3 is 2.88 bits per heavy atom. The van der Waals surface area contributed by atoms with E-state index in [0.29, 0.717) is 18.2 Å². The molecule has 6 heteroatoms. The topological polar surface area (TPSA) is 59.0 Å². The first kappa shape index (κ1) is 25.9. The fraction of sp³-hybridized carbons (Fsp3) is 0.429. The zero-order valence-corrected chi connectivity index (χ0v) is 20.2.